The van der Waals surface area contributed by atoms with Crippen molar-refractivity contribution >= 4 is 27.5 Å². The van der Waals surface area contributed by atoms with Gasteiger partial charge in [0.25, 0.3) is 0 Å². The van der Waals surface area contributed by atoms with E-state index in [1.54, 1.807) is 0 Å². The van der Waals surface area contributed by atoms with E-state index in [2.05, 4.69) is 22.5 Å². The number of nitrogens with two attached hydrogens (primary N) is 1. The van der Waals surface area contributed by atoms with Crippen LogP contribution < -0.4 is 5.73 Å². The van der Waals surface area contributed by atoms with Crippen LogP contribution >= 0.6 is 27.5 Å². The van der Waals surface area contributed by atoms with E-state index in [9.17, 15) is 0 Å². The fourth-order valence-electron chi connectivity index (χ4n) is 1.11. The van der Waals surface area contributed by atoms with E-state index in [0.29, 0.717) is 5.02 Å². The molecule has 1 nitrogen and oxygen atoms in total. The molecule has 0 spiro atoms. The van der Waals surface area contributed by atoms with Crippen LogP contribution in [0.4, 0.5) is 0 Å². The third-order valence-corrected chi connectivity index (χ3v) is 2.70. The number of halogens is 2. The zero-order chi connectivity index (χ0) is 9.84. The van der Waals surface area contributed by atoms with Crippen LogP contribution in [0.2, 0.25) is 5.02 Å². The summed E-state index contributed by atoms with van der Waals surface area (Å²) in [6.45, 7) is 3.65. The summed E-state index contributed by atoms with van der Waals surface area (Å²) in [5.41, 5.74) is 6.97. The monoisotopic (exact) mass is 259 g/mol. The van der Waals surface area contributed by atoms with E-state index < -0.39 is 0 Å². The maximum absolute atomic E-state index is 5.91. The molecule has 2 N–H and O–H groups in total. The molecule has 0 aliphatic rings. The summed E-state index contributed by atoms with van der Waals surface area (Å²) >= 11 is 9.23. The maximum atomic E-state index is 5.91. The summed E-state index contributed by atoms with van der Waals surface area (Å²) in [7, 11) is 0. The van der Waals surface area contributed by atoms with Crippen LogP contribution in [0.5, 0.6) is 0 Å². The third kappa shape index (κ3) is 2.83. The van der Waals surface area contributed by atoms with Crippen molar-refractivity contribution in [3.63, 3.8) is 0 Å². The van der Waals surface area contributed by atoms with E-state index in [1.165, 1.54) is 0 Å². The van der Waals surface area contributed by atoms with Crippen molar-refractivity contribution < 1.29 is 0 Å². The fraction of sp³-hybridized carbons (Fsp3) is 0.200. The Kier molecular flexibility index (Phi) is 3.97. The molecule has 70 valence electrons. The van der Waals surface area contributed by atoms with Gasteiger partial charge in [0, 0.05) is 15.5 Å². The van der Waals surface area contributed by atoms with Crippen LogP contribution in [0.15, 0.2) is 35.3 Å². The highest BCUT2D eigenvalue weighted by atomic mass is 79.9. The standard InChI is InChI=1S/C10H11BrClN/c1-2-3-10(13)8-5-4-7(12)6-9(8)11/h2,4-6,10H,1,3,13H2. The third-order valence-electron chi connectivity index (χ3n) is 1.78. The lowest BCUT2D eigenvalue weighted by Crippen LogP contribution is -2.09. The van der Waals surface area contributed by atoms with Gasteiger partial charge in [0.2, 0.25) is 0 Å². The molecule has 0 amide bonds. The zero-order valence-electron chi connectivity index (χ0n) is 7.13. The van der Waals surface area contributed by atoms with Gasteiger partial charge in [-0.05, 0) is 24.1 Å². The summed E-state index contributed by atoms with van der Waals surface area (Å²) < 4.78 is 0.953. The Morgan fingerprint density at radius 3 is 2.85 bits per heavy atom. The second-order valence-electron chi connectivity index (χ2n) is 2.80. The Bertz CT molecular complexity index is 312. The molecule has 1 atom stereocenters. The minimum absolute atomic E-state index is 0.0101. The number of rotatable bonds is 3. The smallest absolute Gasteiger partial charge is 0.0417 e. The molecule has 13 heavy (non-hydrogen) atoms. The average molecular weight is 261 g/mol. The van der Waals surface area contributed by atoms with E-state index in [0.717, 1.165) is 16.5 Å². The van der Waals surface area contributed by atoms with Gasteiger partial charge in [-0.15, -0.1) is 6.58 Å². The van der Waals surface area contributed by atoms with E-state index in [1.807, 2.05) is 24.3 Å². The normalized spacial score (nSPS) is 12.5. The van der Waals surface area contributed by atoms with Gasteiger partial charge in [-0.25, -0.2) is 0 Å². The summed E-state index contributed by atoms with van der Waals surface area (Å²) in [6.07, 6.45) is 2.58. The lowest BCUT2D eigenvalue weighted by molar-refractivity contribution is 0.738. The van der Waals surface area contributed by atoms with Gasteiger partial charge >= 0.3 is 0 Å². The Balaban J connectivity index is 2.94. The molecule has 0 fully saturated rings. The summed E-state index contributed by atoms with van der Waals surface area (Å²) in [5, 5.41) is 0.710. The van der Waals surface area contributed by atoms with Gasteiger partial charge in [-0.2, -0.15) is 0 Å². The van der Waals surface area contributed by atoms with Crippen LogP contribution in [-0.4, -0.2) is 0 Å². The molecular formula is C10H11BrClN. The molecule has 3 heteroatoms. The highest BCUT2D eigenvalue weighted by molar-refractivity contribution is 9.10. The molecule has 0 aliphatic heterocycles. The van der Waals surface area contributed by atoms with Crippen molar-refractivity contribution in [1.82, 2.24) is 0 Å². The summed E-state index contributed by atoms with van der Waals surface area (Å²) in [6, 6.07) is 5.61. The molecule has 0 bridgehead atoms. The van der Waals surface area contributed by atoms with Crippen molar-refractivity contribution in [2.45, 2.75) is 12.5 Å². The largest absolute Gasteiger partial charge is 0.324 e. The first-order valence-electron chi connectivity index (χ1n) is 3.96. The molecule has 0 aliphatic carbocycles. The van der Waals surface area contributed by atoms with Crippen LogP contribution in [-0.2, 0) is 0 Å². The van der Waals surface area contributed by atoms with Crippen LogP contribution in [0.3, 0.4) is 0 Å². The van der Waals surface area contributed by atoms with Gasteiger partial charge in [-0.3, -0.25) is 0 Å². The van der Waals surface area contributed by atoms with Gasteiger partial charge in [0.15, 0.2) is 0 Å². The van der Waals surface area contributed by atoms with Gasteiger partial charge in [0.1, 0.15) is 0 Å². The Morgan fingerprint density at radius 2 is 2.31 bits per heavy atom. The minimum atomic E-state index is -0.0101. The predicted octanol–water partition coefficient (Wildman–Crippen LogP) is 3.68. The molecular weight excluding hydrogens is 249 g/mol. The Hall–Kier alpha value is -0.310. The van der Waals surface area contributed by atoms with Gasteiger partial charge in [-0.1, -0.05) is 39.7 Å². The second kappa shape index (κ2) is 4.80. The first-order chi connectivity index (χ1) is 6.15. The second-order valence-corrected chi connectivity index (χ2v) is 4.09. The number of hydrogen-bond acceptors (Lipinski definition) is 1. The molecule has 1 unspecified atom stereocenters. The fourth-order valence-corrected chi connectivity index (χ4v) is 2.09. The molecule has 0 saturated heterocycles. The Morgan fingerprint density at radius 1 is 1.62 bits per heavy atom. The zero-order valence-corrected chi connectivity index (χ0v) is 9.48. The molecule has 1 aromatic carbocycles. The first-order valence-corrected chi connectivity index (χ1v) is 5.13. The number of benzene rings is 1. The van der Waals surface area contributed by atoms with E-state index >= 15 is 0 Å². The van der Waals surface area contributed by atoms with Crippen molar-refractivity contribution in [2.24, 2.45) is 5.73 Å². The first kappa shape index (κ1) is 10.8. The number of hydrogen-bond donors (Lipinski definition) is 1. The highest BCUT2D eigenvalue weighted by Gasteiger charge is 2.07. The van der Waals surface area contributed by atoms with Crippen LogP contribution in [0, 0.1) is 0 Å². The maximum Gasteiger partial charge on any atom is 0.0417 e. The molecule has 1 aromatic rings. The Labute approximate surface area is 91.7 Å². The quantitative estimate of drug-likeness (QED) is 0.825. The molecule has 0 aromatic heterocycles. The lowest BCUT2D eigenvalue weighted by atomic mass is 10.1. The highest BCUT2D eigenvalue weighted by Crippen LogP contribution is 2.27. The summed E-state index contributed by atoms with van der Waals surface area (Å²) in [4.78, 5) is 0. The van der Waals surface area contributed by atoms with Crippen LogP contribution in [0.25, 0.3) is 0 Å². The van der Waals surface area contributed by atoms with Crippen molar-refractivity contribution in [3.8, 4) is 0 Å². The topological polar surface area (TPSA) is 26.0 Å². The van der Waals surface area contributed by atoms with E-state index in [-0.39, 0.29) is 6.04 Å². The van der Waals surface area contributed by atoms with E-state index in [4.69, 9.17) is 17.3 Å². The molecule has 1 rings (SSSR count). The summed E-state index contributed by atoms with van der Waals surface area (Å²) in [5.74, 6) is 0. The molecule has 0 heterocycles. The van der Waals surface area contributed by atoms with Crippen LogP contribution in [0.1, 0.15) is 18.0 Å². The van der Waals surface area contributed by atoms with Crippen molar-refractivity contribution in [2.75, 3.05) is 0 Å². The minimum Gasteiger partial charge on any atom is -0.324 e. The van der Waals surface area contributed by atoms with Crippen molar-refractivity contribution in [1.29, 1.82) is 0 Å². The van der Waals surface area contributed by atoms with Gasteiger partial charge < -0.3 is 5.73 Å². The molecule has 0 saturated carbocycles. The lowest BCUT2D eigenvalue weighted by Gasteiger charge is -2.11. The molecule has 0 radical (unpaired) electrons. The van der Waals surface area contributed by atoms with Gasteiger partial charge in [0.05, 0.1) is 0 Å². The SMILES string of the molecule is C=CCC(N)c1ccc(Cl)cc1Br. The predicted molar refractivity (Wildman–Crippen MR) is 60.9 cm³/mol. The van der Waals surface area contributed by atoms with Crippen molar-refractivity contribution in [3.05, 3.63) is 45.9 Å². The average Bonchev–Trinajstić information content (AvgIpc) is 2.04.